The van der Waals surface area contributed by atoms with Crippen molar-refractivity contribution in [2.24, 2.45) is 0 Å². The lowest BCUT2D eigenvalue weighted by molar-refractivity contribution is -0.119. The third-order valence-corrected chi connectivity index (χ3v) is 5.75. The summed E-state index contributed by atoms with van der Waals surface area (Å²) in [5, 5.41) is 3.29. The second-order valence-corrected chi connectivity index (χ2v) is 7.65. The summed E-state index contributed by atoms with van der Waals surface area (Å²) in [6.07, 6.45) is 5.51. The molecule has 0 saturated carbocycles. The minimum Gasteiger partial charge on any atom is -0.494 e. The van der Waals surface area contributed by atoms with E-state index in [4.69, 9.17) is 11.2 Å². The smallest absolute Gasteiger partial charge is 0.270 e. The lowest BCUT2D eigenvalue weighted by Crippen LogP contribution is -2.39. The molecule has 1 heterocycles. The van der Waals surface area contributed by atoms with Gasteiger partial charge in [-0.05, 0) is 56.3 Å². The minimum absolute atomic E-state index is 0.126. The number of terminal acetylenes is 1. The van der Waals surface area contributed by atoms with Crippen LogP contribution in [0.25, 0.3) is 10.6 Å². The summed E-state index contributed by atoms with van der Waals surface area (Å²) in [5.74, 6) is 2.75. The maximum absolute atomic E-state index is 13.4. The Labute approximate surface area is 185 Å². The Morgan fingerprint density at radius 1 is 1.23 bits per heavy atom. The van der Waals surface area contributed by atoms with E-state index in [2.05, 4.69) is 16.2 Å². The first-order valence-corrected chi connectivity index (χ1v) is 10.6. The maximum atomic E-state index is 13.4. The number of rotatable bonds is 7. The Hall–Kier alpha value is -3.63. The summed E-state index contributed by atoms with van der Waals surface area (Å²) in [5.41, 5.74) is 2.68. The van der Waals surface area contributed by atoms with Crippen LogP contribution in [0, 0.1) is 19.3 Å². The van der Waals surface area contributed by atoms with Gasteiger partial charge in [0.25, 0.3) is 5.91 Å². The first-order chi connectivity index (χ1) is 15.0. The molecule has 0 aliphatic rings. The molecule has 0 bridgehead atoms. The highest BCUT2D eigenvalue weighted by Gasteiger charge is 2.25. The van der Waals surface area contributed by atoms with Crippen molar-refractivity contribution in [1.82, 2.24) is 10.3 Å². The average molecular weight is 434 g/mol. The molecule has 31 heavy (non-hydrogen) atoms. The number of thiazole rings is 1. The molecule has 3 aromatic rings. The Morgan fingerprint density at radius 3 is 2.61 bits per heavy atom. The number of benzene rings is 2. The lowest BCUT2D eigenvalue weighted by atomic mass is 10.2. The molecule has 3 rings (SSSR count). The number of amides is 2. The van der Waals surface area contributed by atoms with Crippen LogP contribution in [0.3, 0.4) is 0 Å². The van der Waals surface area contributed by atoms with Gasteiger partial charge in [0.05, 0.1) is 12.3 Å². The van der Waals surface area contributed by atoms with Crippen LogP contribution in [0.15, 0.2) is 48.5 Å². The summed E-state index contributed by atoms with van der Waals surface area (Å²) < 4.78 is 5.48. The topological polar surface area (TPSA) is 71.5 Å². The zero-order valence-corrected chi connectivity index (χ0v) is 18.5. The summed E-state index contributed by atoms with van der Waals surface area (Å²) >= 11 is 1.29. The van der Waals surface area contributed by atoms with Crippen molar-refractivity contribution < 1.29 is 14.3 Å². The van der Waals surface area contributed by atoms with Crippen molar-refractivity contribution in [2.75, 3.05) is 25.1 Å². The molecule has 2 aromatic carbocycles. The third-order valence-electron chi connectivity index (χ3n) is 4.55. The van der Waals surface area contributed by atoms with E-state index in [0.717, 1.165) is 16.3 Å². The van der Waals surface area contributed by atoms with E-state index >= 15 is 0 Å². The van der Waals surface area contributed by atoms with Crippen molar-refractivity contribution in [2.45, 2.75) is 13.8 Å². The zero-order valence-electron chi connectivity index (χ0n) is 17.6. The molecule has 0 saturated heterocycles. The van der Waals surface area contributed by atoms with Gasteiger partial charge in [-0.1, -0.05) is 12.0 Å². The Bertz CT molecular complexity index is 1130. The van der Waals surface area contributed by atoms with Gasteiger partial charge >= 0.3 is 0 Å². The first-order valence-electron chi connectivity index (χ1n) is 9.76. The van der Waals surface area contributed by atoms with E-state index < -0.39 is 0 Å². The number of likely N-dealkylation sites (N-methyl/N-ethyl adjacent to an activating group) is 1. The van der Waals surface area contributed by atoms with Crippen molar-refractivity contribution in [3.05, 3.63) is 64.7 Å². The van der Waals surface area contributed by atoms with Gasteiger partial charge in [0.15, 0.2) is 0 Å². The lowest BCUT2D eigenvalue weighted by Gasteiger charge is -2.22. The van der Waals surface area contributed by atoms with Crippen LogP contribution in [0.5, 0.6) is 5.75 Å². The molecular formula is C24H23N3O3S. The van der Waals surface area contributed by atoms with Crippen LogP contribution in [0.1, 0.15) is 27.9 Å². The van der Waals surface area contributed by atoms with E-state index in [0.29, 0.717) is 28.4 Å². The van der Waals surface area contributed by atoms with Crippen molar-refractivity contribution in [1.29, 1.82) is 0 Å². The average Bonchev–Trinajstić information content (AvgIpc) is 3.19. The van der Waals surface area contributed by atoms with E-state index in [1.807, 2.05) is 31.2 Å². The van der Waals surface area contributed by atoms with Crippen molar-refractivity contribution in [3.8, 4) is 28.7 Å². The number of hydrogen-bond acceptors (Lipinski definition) is 5. The molecule has 0 unspecified atom stereocenters. The molecule has 0 aliphatic carbocycles. The van der Waals surface area contributed by atoms with Gasteiger partial charge in [-0.3, -0.25) is 14.5 Å². The van der Waals surface area contributed by atoms with Gasteiger partial charge < -0.3 is 10.1 Å². The first kappa shape index (κ1) is 22.1. The second kappa shape index (κ2) is 9.92. The van der Waals surface area contributed by atoms with E-state index in [-0.39, 0.29) is 18.4 Å². The Balaban J connectivity index is 1.95. The van der Waals surface area contributed by atoms with Crippen molar-refractivity contribution in [3.63, 3.8) is 0 Å². The maximum Gasteiger partial charge on any atom is 0.270 e. The fourth-order valence-electron chi connectivity index (χ4n) is 2.97. The van der Waals surface area contributed by atoms with Crippen LogP contribution in [0.4, 0.5) is 5.69 Å². The number of carbonyl (C=O) groups excluding carboxylic acids is 2. The highest BCUT2D eigenvalue weighted by molar-refractivity contribution is 7.17. The summed E-state index contributed by atoms with van der Waals surface area (Å²) in [6, 6.07) is 14.6. The molecule has 0 atom stereocenters. The van der Waals surface area contributed by atoms with Gasteiger partial charge in [-0.25, -0.2) is 4.98 Å². The number of carbonyl (C=O) groups is 2. The predicted octanol–water partition coefficient (Wildman–Crippen LogP) is 3.89. The molecule has 6 nitrogen and oxygen atoms in total. The Morgan fingerprint density at radius 2 is 1.97 bits per heavy atom. The molecule has 2 amide bonds. The number of aromatic nitrogens is 1. The standard InChI is InChI=1S/C24H23N3O3S/c1-5-17-8-7-9-19(14-17)27(15-21(28)25-4)24(29)22-16(3)26-23(31-22)18-10-12-20(13-11-18)30-6-2/h1,7-14H,6,15H2,2-4H3,(H,25,28). The van der Waals surface area contributed by atoms with Gasteiger partial charge in [0, 0.05) is 23.9 Å². The number of aryl methyl sites for hydroxylation is 1. The third kappa shape index (κ3) is 5.11. The molecular weight excluding hydrogens is 410 g/mol. The largest absolute Gasteiger partial charge is 0.494 e. The SMILES string of the molecule is C#Cc1cccc(N(CC(=O)NC)C(=O)c2sc(-c3ccc(OCC)cc3)nc2C)c1. The van der Waals surface area contributed by atoms with Crippen LogP contribution >= 0.6 is 11.3 Å². The summed E-state index contributed by atoms with van der Waals surface area (Å²) in [6.45, 7) is 4.19. The number of anilines is 1. The molecule has 1 N–H and O–H groups in total. The minimum atomic E-state index is -0.301. The monoisotopic (exact) mass is 433 g/mol. The fraction of sp³-hybridized carbons (Fsp3) is 0.208. The number of nitrogens with one attached hydrogen (secondary N) is 1. The molecule has 0 fully saturated rings. The van der Waals surface area contributed by atoms with Gasteiger partial charge in [-0.15, -0.1) is 17.8 Å². The highest BCUT2D eigenvalue weighted by atomic mass is 32.1. The number of nitrogens with zero attached hydrogens (tertiary/aromatic N) is 2. The molecule has 1 aromatic heterocycles. The number of hydrogen-bond donors (Lipinski definition) is 1. The molecule has 0 spiro atoms. The van der Waals surface area contributed by atoms with Crippen LogP contribution in [-0.4, -0.2) is 37.0 Å². The summed E-state index contributed by atoms with van der Waals surface area (Å²) in [4.78, 5) is 32.0. The van der Waals surface area contributed by atoms with Crippen LogP contribution in [-0.2, 0) is 4.79 Å². The molecule has 158 valence electrons. The molecule has 0 radical (unpaired) electrons. The van der Waals surface area contributed by atoms with E-state index in [9.17, 15) is 9.59 Å². The normalized spacial score (nSPS) is 10.3. The number of ether oxygens (including phenoxy) is 1. The molecule has 0 aliphatic heterocycles. The summed E-state index contributed by atoms with van der Waals surface area (Å²) in [7, 11) is 1.53. The fourth-order valence-corrected chi connectivity index (χ4v) is 3.99. The quantitative estimate of drug-likeness (QED) is 0.574. The van der Waals surface area contributed by atoms with E-state index in [1.54, 1.807) is 31.2 Å². The van der Waals surface area contributed by atoms with Crippen molar-refractivity contribution >= 4 is 28.8 Å². The van der Waals surface area contributed by atoms with Gasteiger partial charge in [-0.2, -0.15) is 0 Å². The molecule has 7 heteroatoms. The van der Waals surface area contributed by atoms with E-state index in [1.165, 1.54) is 23.3 Å². The van der Waals surface area contributed by atoms with Gasteiger partial charge in [0.2, 0.25) is 5.91 Å². The van der Waals surface area contributed by atoms with Crippen LogP contribution < -0.4 is 15.0 Å². The van der Waals surface area contributed by atoms with Gasteiger partial charge in [0.1, 0.15) is 22.2 Å². The zero-order chi connectivity index (χ0) is 22.4. The van der Waals surface area contributed by atoms with Crippen LogP contribution in [0.2, 0.25) is 0 Å². The highest BCUT2D eigenvalue weighted by Crippen LogP contribution is 2.31. The Kier molecular flexibility index (Phi) is 7.06. The second-order valence-electron chi connectivity index (χ2n) is 6.65. The predicted molar refractivity (Wildman–Crippen MR) is 124 cm³/mol.